The van der Waals surface area contributed by atoms with E-state index in [1.807, 2.05) is 0 Å². The van der Waals surface area contributed by atoms with Crippen LogP contribution >= 0.6 is 0 Å². The lowest BCUT2D eigenvalue weighted by atomic mass is 10.1. The molecule has 0 aliphatic heterocycles. The van der Waals surface area contributed by atoms with E-state index in [0.717, 1.165) is 12.1 Å². The van der Waals surface area contributed by atoms with Crippen molar-refractivity contribution in [3.63, 3.8) is 0 Å². The van der Waals surface area contributed by atoms with Crippen LogP contribution in [0.25, 0.3) is 0 Å². The second kappa shape index (κ2) is 6.43. The van der Waals surface area contributed by atoms with Gasteiger partial charge in [0, 0.05) is 17.7 Å². The number of nitro groups is 1. The first kappa shape index (κ1) is 17.7. The Morgan fingerprint density at radius 2 is 2.04 bits per heavy atom. The third-order valence-corrected chi connectivity index (χ3v) is 5.06. The SMILES string of the molecule is Cc1cc([C@H](C)NS(=O)(=O)c2cccc([N+](=O)[O-])c2C#N)c(C)o1. The summed E-state index contributed by atoms with van der Waals surface area (Å²) in [4.78, 5) is 9.76. The lowest BCUT2D eigenvalue weighted by Gasteiger charge is -2.14. The highest BCUT2D eigenvalue weighted by molar-refractivity contribution is 7.89. The van der Waals surface area contributed by atoms with Crippen LogP contribution in [0.3, 0.4) is 0 Å². The fourth-order valence-corrected chi connectivity index (χ4v) is 3.84. The van der Waals surface area contributed by atoms with Crippen LogP contribution in [0.2, 0.25) is 0 Å². The molecule has 8 nitrogen and oxygen atoms in total. The molecule has 0 bridgehead atoms. The molecule has 1 heterocycles. The maximum absolute atomic E-state index is 12.6. The standard InChI is InChI=1S/C15H15N3O5S/c1-9-7-12(11(3)23-9)10(2)17-24(21,22)15-6-4-5-14(18(19)20)13(15)8-16/h4-7,10,17H,1-3H3/t10-/m0/s1. The quantitative estimate of drug-likeness (QED) is 0.653. The van der Waals surface area contributed by atoms with Crippen LogP contribution < -0.4 is 4.72 Å². The monoisotopic (exact) mass is 349 g/mol. The lowest BCUT2D eigenvalue weighted by Crippen LogP contribution is -2.27. The number of nitrogens with one attached hydrogen (secondary N) is 1. The summed E-state index contributed by atoms with van der Waals surface area (Å²) in [6.45, 7) is 5.07. The predicted octanol–water partition coefficient (Wildman–Crippen LogP) is 2.72. The number of nitriles is 1. The van der Waals surface area contributed by atoms with Crippen molar-refractivity contribution in [2.45, 2.75) is 31.7 Å². The van der Waals surface area contributed by atoms with Crippen molar-refractivity contribution in [2.24, 2.45) is 0 Å². The zero-order chi connectivity index (χ0) is 18.1. The Balaban J connectivity index is 2.45. The molecule has 2 rings (SSSR count). The minimum absolute atomic E-state index is 0.427. The second-order valence-electron chi connectivity index (χ2n) is 5.23. The summed E-state index contributed by atoms with van der Waals surface area (Å²) in [5, 5.41) is 20.1. The third kappa shape index (κ3) is 3.29. The zero-order valence-corrected chi connectivity index (χ0v) is 14.0. The number of furan rings is 1. The van der Waals surface area contributed by atoms with E-state index in [1.54, 1.807) is 32.9 Å². The maximum Gasteiger partial charge on any atom is 0.288 e. The highest BCUT2D eigenvalue weighted by Gasteiger charge is 2.28. The van der Waals surface area contributed by atoms with Gasteiger partial charge in [-0.3, -0.25) is 10.1 Å². The molecule has 1 aromatic heterocycles. The molecular formula is C15H15N3O5S. The Kier molecular flexibility index (Phi) is 4.73. The molecule has 0 fully saturated rings. The first-order chi connectivity index (χ1) is 11.2. The Hall–Kier alpha value is -2.70. The highest BCUT2D eigenvalue weighted by Crippen LogP contribution is 2.27. The van der Waals surface area contributed by atoms with Gasteiger partial charge in [-0.05, 0) is 32.9 Å². The molecule has 9 heteroatoms. The molecule has 1 aromatic carbocycles. The van der Waals surface area contributed by atoms with E-state index in [-0.39, 0.29) is 0 Å². The van der Waals surface area contributed by atoms with E-state index >= 15 is 0 Å². The number of rotatable bonds is 5. The summed E-state index contributed by atoms with van der Waals surface area (Å²) in [6.07, 6.45) is 0. The average Bonchev–Trinajstić information content (AvgIpc) is 2.84. The molecule has 0 saturated carbocycles. The lowest BCUT2D eigenvalue weighted by molar-refractivity contribution is -0.385. The van der Waals surface area contributed by atoms with Crippen molar-refractivity contribution in [3.8, 4) is 6.07 Å². The number of hydrogen-bond acceptors (Lipinski definition) is 6. The van der Waals surface area contributed by atoms with E-state index in [9.17, 15) is 18.5 Å². The zero-order valence-electron chi connectivity index (χ0n) is 13.2. The predicted molar refractivity (Wildman–Crippen MR) is 84.7 cm³/mol. The van der Waals surface area contributed by atoms with Crippen LogP contribution in [0.15, 0.2) is 33.6 Å². The molecule has 1 atom stereocenters. The van der Waals surface area contributed by atoms with Gasteiger partial charge in [-0.15, -0.1) is 0 Å². The number of hydrogen-bond donors (Lipinski definition) is 1. The summed E-state index contributed by atoms with van der Waals surface area (Å²) < 4.78 is 32.9. The van der Waals surface area contributed by atoms with Gasteiger partial charge in [-0.1, -0.05) is 6.07 Å². The first-order valence-electron chi connectivity index (χ1n) is 6.94. The summed E-state index contributed by atoms with van der Waals surface area (Å²) >= 11 is 0. The third-order valence-electron chi connectivity index (χ3n) is 3.48. The molecular weight excluding hydrogens is 334 g/mol. The van der Waals surface area contributed by atoms with Crippen LogP contribution in [-0.4, -0.2) is 13.3 Å². The summed E-state index contributed by atoms with van der Waals surface area (Å²) in [7, 11) is -4.13. The van der Waals surface area contributed by atoms with Gasteiger partial charge in [0.2, 0.25) is 10.0 Å². The van der Waals surface area contributed by atoms with Gasteiger partial charge in [0.05, 0.1) is 4.92 Å². The Morgan fingerprint density at radius 3 is 2.54 bits per heavy atom. The Morgan fingerprint density at radius 1 is 1.38 bits per heavy atom. The van der Waals surface area contributed by atoms with Crippen LogP contribution in [0.5, 0.6) is 0 Å². The topological polar surface area (TPSA) is 126 Å². The van der Waals surface area contributed by atoms with Crippen LogP contribution in [0.4, 0.5) is 5.69 Å². The van der Waals surface area contributed by atoms with E-state index in [1.165, 1.54) is 6.07 Å². The van der Waals surface area contributed by atoms with Gasteiger partial charge in [0.25, 0.3) is 5.69 Å². The number of benzene rings is 1. The van der Waals surface area contributed by atoms with E-state index in [0.29, 0.717) is 17.1 Å². The largest absolute Gasteiger partial charge is 0.466 e. The maximum atomic E-state index is 12.6. The van der Waals surface area contributed by atoms with E-state index < -0.39 is 37.1 Å². The van der Waals surface area contributed by atoms with Crippen molar-refractivity contribution in [2.75, 3.05) is 0 Å². The normalized spacial score (nSPS) is 12.6. The fourth-order valence-electron chi connectivity index (χ4n) is 2.45. The smallest absolute Gasteiger partial charge is 0.288 e. The number of nitro benzene ring substituents is 1. The van der Waals surface area contributed by atoms with Gasteiger partial charge in [-0.2, -0.15) is 5.26 Å². The molecule has 0 radical (unpaired) electrons. The van der Waals surface area contributed by atoms with Gasteiger partial charge < -0.3 is 4.42 Å². The molecule has 24 heavy (non-hydrogen) atoms. The molecule has 0 amide bonds. The van der Waals surface area contributed by atoms with Crippen molar-refractivity contribution >= 4 is 15.7 Å². The molecule has 0 aliphatic carbocycles. The molecule has 1 N–H and O–H groups in total. The van der Waals surface area contributed by atoms with Gasteiger partial charge in [0.15, 0.2) is 0 Å². The number of nitrogens with zero attached hydrogens (tertiary/aromatic N) is 2. The number of sulfonamides is 1. The molecule has 2 aromatic rings. The number of aryl methyl sites for hydroxylation is 2. The Bertz CT molecular complexity index is 941. The highest BCUT2D eigenvalue weighted by atomic mass is 32.2. The van der Waals surface area contributed by atoms with Crippen molar-refractivity contribution < 1.29 is 17.8 Å². The average molecular weight is 349 g/mol. The minimum atomic E-state index is -4.13. The molecule has 0 unspecified atom stereocenters. The fraction of sp³-hybridized carbons (Fsp3) is 0.267. The second-order valence-corrected chi connectivity index (χ2v) is 6.91. The summed E-state index contributed by atoms with van der Waals surface area (Å²) in [5.41, 5.74) is -0.398. The van der Waals surface area contributed by atoms with Crippen molar-refractivity contribution in [1.29, 1.82) is 5.26 Å². The molecule has 0 spiro atoms. The summed E-state index contributed by atoms with van der Waals surface area (Å²) in [6, 6.07) is 6.16. The summed E-state index contributed by atoms with van der Waals surface area (Å²) in [5.74, 6) is 1.21. The van der Waals surface area contributed by atoms with Gasteiger partial charge in [-0.25, -0.2) is 13.1 Å². The molecule has 0 aliphatic rings. The Labute approximate surface area is 138 Å². The van der Waals surface area contributed by atoms with Crippen LogP contribution in [0.1, 0.15) is 35.6 Å². The van der Waals surface area contributed by atoms with E-state index in [2.05, 4.69) is 4.72 Å². The first-order valence-corrected chi connectivity index (χ1v) is 8.42. The van der Waals surface area contributed by atoms with Crippen LogP contribution in [0, 0.1) is 35.3 Å². The molecule has 126 valence electrons. The van der Waals surface area contributed by atoms with Gasteiger partial charge >= 0.3 is 0 Å². The van der Waals surface area contributed by atoms with Crippen LogP contribution in [-0.2, 0) is 10.0 Å². The van der Waals surface area contributed by atoms with Crippen molar-refractivity contribution in [3.05, 3.63) is 57.0 Å². The van der Waals surface area contributed by atoms with E-state index in [4.69, 9.17) is 9.68 Å². The van der Waals surface area contributed by atoms with Gasteiger partial charge in [0.1, 0.15) is 28.0 Å². The molecule has 0 saturated heterocycles. The van der Waals surface area contributed by atoms with Crippen molar-refractivity contribution in [1.82, 2.24) is 4.72 Å². The minimum Gasteiger partial charge on any atom is -0.466 e.